The van der Waals surface area contributed by atoms with Crippen LogP contribution in [0.4, 0.5) is 0 Å². The lowest BCUT2D eigenvalue weighted by Crippen LogP contribution is -2.28. The normalized spacial score (nSPS) is 21.7. The van der Waals surface area contributed by atoms with Crippen molar-refractivity contribution in [3.63, 3.8) is 0 Å². The van der Waals surface area contributed by atoms with Gasteiger partial charge in [0.15, 0.2) is 0 Å². The number of carbonyl (C=O) groups is 3. The zero-order valence-electron chi connectivity index (χ0n) is 15.2. The summed E-state index contributed by atoms with van der Waals surface area (Å²) in [5.74, 6) is 0.948. The minimum atomic E-state index is -0.461. The number of amides is 2. The van der Waals surface area contributed by atoms with Crippen LogP contribution < -0.4 is 0 Å². The van der Waals surface area contributed by atoms with Crippen LogP contribution in [0.2, 0.25) is 0 Å². The van der Waals surface area contributed by atoms with Crippen molar-refractivity contribution in [1.29, 1.82) is 0 Å². The first kappa shape index (κ1) is 23.4. The van der Waals surface area contributed by atoms with Gasteiger partial charge in [-0.15, -0.1) is 5.06 Å². The summed E-state index contributed by atoms with van der Waals surface area (Å²) >= 11 is 0. The third-order valence-electron chi connectivity index (χ3n) is 2.87. The largest absolute Gasteiger partial charge is 0.334 e. The molecule has 3 rings (SSSR count). The fourth-order valence-corrected chi connectivity index (χ4v) is 1.81. The Bertz CT molecular complexity index is 370. The molecule has 0 spiro atoms. The fourth-order valence-electron chi connectivity index (χ4n) is 1.81. The Balaban J connectivity index is 0. The molecule has 23 heavy (non-hydrogen) atoms. The third-order valence-corrected chi connectivity index (χ3v) is 2.87. The molecule has 0 aromatic heterocycles. The van der Waals surface area contributed by atoms with Crippen LogP contribution in [0.15, 0.2) is 24.3 Å². The second kappa shape index (κ2) is 15.0. The molecule has 0 bridgehead atoms. The van der Waals surface area contributed by atoms with Gasteiger partial charge < -0.3 is 4.84 Å². The van der Waals surface area contributed by atoms with Gasteiger partial charge in [0.2, 0.25) is 0 Å². The zero-order valence-corrected chi connectivity index (χ0v) is 15.2. The van der Waals surface area contributed by atoms with E-state index in [9.17, 15) is 14.4 Å². The lowest BCUT2D eigenvalue weighted by atomic mass is 10.2. The molecule has 0 N–H and O–H groups in total. The average Bonchev–Trinajstić information content (AvgIpc) is 3.36. The molecule has 2 atom stereocenters. The molecule has 0 radical (unpaired) electrons. The van der Waals surface area contributed by atoms with Crippen molar-refractivity contribution in [1.82, 2.24) is 5.06 Å². The molecule has 3 aliphatic rings. The van der Waals surface area contributed by atoms with E-state index in [1.54, 1.807) is 0 Å². The Hall–Kier alpha value is -1.91. The van der Waals surface area contributed by atoms with Crippen molar-refractivity contribution in [2.75, 3.05) is 0 Å². The van der Waals surface area contributed by atoms with Gasteiger partial charge in [-0.1, -0.05) is 65.8 Å². The maximum atomic E-state index is 10.6. The minimum absolute atomic E-state index is 0.0567. The first-order chi connectivity index (χ1) is 11.2. The molecule has 1 aliphatic heterocycles. The summed E-state index contributed by atoms with van der Waals surface area (Å²) < 4.78 is 0. The second-order valence-corrected chi connectivity index (χ2v) is 4.12. The Labute approximate surface area is 140 Å². The Morgan fingerprint density at radius 2 is 1.30 bits per heavy atom. The number of rotatable bonds is 2. The highest BCUT2D eigenvalue weighted by Gasteiger charge is 2.33. The molecule has 5 nitrogen and oxygen atoms in total. The molecule has 1 saturated carbocycles. The van der Waals surface area contributed by atoms with Gasteiger partial charge in [-0.25, -0.2) is 0 Å². The van der Waals surface area contributed by atoms with Crippen LogP contribution >= 0.6 is 0 Å². The molecule has 2 amide bonds. The monoisotopic (exact) mass is 325 g/mol. The van der Waals surface area contributed by atoms with Crippen LogP contribution in [-0.4, -0.2) is 23.3 Å². The van der Waals surface area contributed by atoms with E-state index in [0.29, 0.717) is 5.06 Å². The van der Waals surface area contributed by atoms with Gasteiger partial charge >= 0.3 is 6.47 Å². The standard InChI is InChI=1S/C7H8.C5H5NO4.3C2H6/c1-2-4-7-5-6(7)3-1;7-3-10-6-4(8)1-2-5(6)9;3*1-2/h1-4,6-7H,5H2;3H,1-2H2;3*1-2H3. The summed E-state index contributed by atoms with van der Waals surface area (Å²) in [6.07, 6.45) is 10.6. The highest BCUT2D eigenvalue weighted by molar-refractivity contribution is 6.01. The van der Waals surface area contributed by atoms with Gasteiger partial charge in [0.1, 0.15) is 0 Å². The number of imide groups is 1. The minimum Gasteiger partial charge on any atom is -0.334 e. The molecule has 2 unspecified atom stereocenters. The summed E-state index contributed by atoms with van der Waals surface area (Å²) in [5.41, 5.74) is 0. The van der Waals surface area contributed by atoms with E-state index in [1.165, 1.54) is 6.42 Å². The molecule has 5 heteroatoms. The Morgan fingerprint density at radius 3 is 1.61 bits per heavy atom. The predicted octanol–water partition coefficient (Wildman–Crippen LogP) is 4.05. The van der Waals surface area contributed by atoms with E-state index >= 15 is 0 Å². The highest BCUT2D eigenvalue weighted by atomic mass is 16.7. The van der Waals surface area contributed by atoms with Crippen molar-refractivity contribution >= 4 is 18.3 Å². The number of hydrogen-bond donors (Lipinski definition) is 0. The topological polar surface area (TPSA) is 63.7 Å². The zero-order chi connectivity index (χ0) is 18.3. The molecule has 132 valence electrons. The molecule has 0 aromatic carbocycles. The van der Waals surface area contributed by atoms with Gasteiger partial charge in [0.05, 0.1) is 0 Å². The SMILES string of the molecule is C1=CC2CC2C=C1.CC.CC.CC.O=CON1C(=O)CCC1=O. The second-order valence-electron chi connectivity index (χ2n) is 4.12. The molecule has 1 saturated heterocycles. The van der Waals surface area contributed by atoms with Gasteiger partial charge in [-0.3, -0.25) is 14.4 Å². The number of hydroxylamine groups is 2. The van der Waals surface area contributed by atoms with Crippen LogP contribution in [0, 0.1) is 11.8 Å². The lowest BCUT2D eigenvalue weighted by molar-refractivity contribution is -0.188. The molecule has 2 fully saturated rings. The van der Waals surface area contributed by atoms with Gasteiger partial charge in [0.25, 0.3) is 11.8 Å². The fraction of sp³-hybridized carbons (Fsp3) is 0.611. The third kappa shape index (κ3) is 8.96. The Morgan fingerprint density at radius 1 is 0.913 bits per heavy atom. The molecule has 1 heterocycles. The molecular weight excluding hydrogens is 294 g/mol. The van der Waals surface area contributed by atoms with Crippen molar-refractivity contribution in [3.05, 3.63) is 24.3 Å². The van der Waals surface area contributed by atoms with Crippen LogP contribution in [0.5, 0.6) is 0 Å². The number of hydrogen-bond acceptors (Lipinski definition) is 4. The summed E-state index contributed by atoms with van der Waals surface area (Å²) in [4.78, 5) is 35.0. The first-order valence-corrected chi connectivity index (χ1v) is 8.53. The van der Waals surface area contributed by atoms with E-state index in [2.05, 4.69) is 29.1 Å². The maximum Gasteiger partial charge on any atom is 0.321 e. The predicted molar refractivity (Wildman–Crippen MR) is 92.2 cm³/mol. The smallest absolute Gasteiger partial charge is 0.321 e. The quantitative estimate of drug-likeness (QED) is 0.567. The van der Waals surface area contributed by atoms with Gasteiger partial charge in [-0.05, 0) is 18.3 Å². The van der Waals surface area contributed by atoms with Crippen molar-refractivity contribution in [3.8, 4) is 0 Å². The number of fused-ring (bicyclic) bond motifs is 1. The van der Waals surface area contributed by atoms with Crippen LogP contribution in [0.25, 0.3) is 0 Å². The first-order valence-electron chi connectivity index (χ1n) is 8.53. The van der Waals surface area contributed by atoms with E-state index in [0.717, 1.165) is 11.8 Å². The number of nitrogens with zero attached hydrogens (tertiary/aromatic N) is 1. The average molecular weight is 325 g/mol. The van der Waals surface area contributed by atoms with Crippen LogP contribution in [-0.2, 0) is 19.2 Å². The van der Waals surface area contributed by atoms with E-state index in [4.69, 9.17) is 0 Å². The van der Waals surface area contributed by atoms with Gasteiger partial charge in [-0.2, -0.15) is 0 Å². The van der Waals surface area contributed by atoms with Crippen LogP contribution in [0.1, 0.15) is 60.8 Å². The summed E-state index contributed by atoms with van der Waals surface area (Å²) in [5, 5.41) is 0.479. The molecular formula is C18H31NO4. The van der Waals surface area contributed by atoms with E-state index in [1.807, 2.05) is 41.5 Å². The van der Waals surface area contributed by atoms with Crippen LogP contribution in [0.3, 0.4) is 0 Å². The van der Waals surface area contributed by atoms with E-state index in [-0.39, 0.29) is 19.3 Å². The summed E-state index contributed by atoms with van der Waals surface area (Å²) in [6.45, 7) is 12.1. The number of carbonyl (C=O) groups excluding carboxylic acids is 3. The highest BCUT2D eigenvalue weighted by Crippen LogP contribution is 2.42. The van der Waals surface area contributed by atoms with Gasteiger partial charge in [0, 0.05) is 12.8 Å². The summed E-state index contributed by atoms with van der Waals surface area (Å²) in [6, 6.07) is 0. The van der Waals surface area contributed by atoms with Crippen molar-refractivity contribution in [2.24, 2.45) is 11.8 Å². The maximum absolute atomic E-state index is 10.6. The molecule has 2 aliphatic carbocycles. The number of allylic oxidation sites excluding steroid dienone is 4. The van der Waals surface area contributed by atoms with E-state index < -0.39 is 11.8 Å². The van der Waals surface area contributed by atoms with Crippen molar-refractivity contribution in [2.45, 2.75) is 60.8 Å². The summed E-state index contributed by atoms with van der Waals surface area (Å²) in [7, 11) is 0. The lowest BCUT2D eigenvalue weighted by Gasteiger charge is -2.06. The van der Waals surface area contributed by atoms with Crippen molar-refractivity contribution < 1.29 is 19.2 Å². The molecule has 0 aromatic rings. The Kier molecular flexibility index (Phi) is 15.2.